The van der Waals surface area contributed by atoms with Crippen LogP contribution in [0.3, 0.4) is 0 Å². The van der Waals surface area contributed by atoms with E-state index in [2.05, 4.69) is 27.9 Å². The molecule has 31 heavy (non-hydrogen) atoms. The molecule has 1 fully saturated rings. The molecular weight excluding hydrogens is 459 g/mol. The van der Waals surface area contributed by atoms with Gasteiger partial charge in [-0.3, -0.25) is 4.79 Å². The van der Waals surface area contributed by atoms with Crippen LogP contribution in [0.2, 0.25) is 0 Å². The summed E-state index contributed by atoms with van der Waals surface area (Å²) in [6, 6.07) is 9.19. The number of hydrogen-bond acceptors (Lipinski definition) is 2. The first kappa shape index (κ1) is 25.5. The summed E-state index contributed by atoms with van der Waals surface area (Å²) in [6.45, 7) is 7.58. The predicted molar refractivity (Wildman–Crippen MR) is 122 cm³/mol. The number of nitrogens with zero attached hydrogens (tertiary/aromatic N) is 3. The van der Waals surface area contributed by atoms with Crippen LogP contribution in [0.15, 0.2) is 48.7 Å². The minimum absolute atomic E-state index is 0. The van der Waals surface area contributed by atoms with Gasteiger partial charge in [0.1, 0.15) is 5.82 Å². The second-order valence-corrected chi connectivity index (χ2v) is 7.82. The summed E-state index contributed by atoms with van der Waals surface area (Å²) in [4.78, 5) is 19.6. The van der Waals surface area contributed by atoms with Crippen molar-refractivity contribution < 1.29 is 37.5 Å². The second kappa shape index (κ2) is 12.3. The van der Waals surface area contributed by atoms with E-state index in [1.54, 1.807) is 0 Å². The first-order chi connectivity index (χ1) is 14.5. The van der Waals surface area contributed by atoms with Crippen molar-refractivity contribution in [2.75, 3.05) is 13.1 Å². The Morgan fingerprint density at radius 3 is 2.65 bits per heavy atom. The van der Waals surface area contributed by atoms with Gasteiger partial charge in [-0.05, 0) is 19.8 Å². The van der Waals surface area contributed by atoms with Gasteiger partial charge < -0.3 is 9.47 Å². The van der Waals surface area contributed by atoms with E-state index in [0.29, 0.717) is 12.3 Å². The van der Waals surface area contributed by atoms with Crippen LogP contribution in [0.25, 0.3) is 5.57 Å². The molecule has 1 aromatic heterocycles. The quantitative estimate of drug-likeness (QED) is 0.431. The normalized spacial score (nSPS) is 15.6. The molecule has 161 valence electrons. The van der Waals surface area contributed by atoms with Crippen LogP contribution in [0.4, 0.5) is 0 Å². The Balaban J connectivity index is 0.00000341. The zero-order chi connectivity index (χ0) is 21.5. The molecule has 1 aromatic carbocycles. The van der Waals surface area contributed by atoms with E-state index in [4.69, 9.17) is 0 Å². The molecule has 0 atom stereocenters. The van der Waals surface area contributed by atoms with Gasteiger partial charge in [0.2, 0.25) is 5.91 Å². The Morgan fingerprint density at radius 2 is 2.03 bits per heavy atom. The van der Waals surface area contributed by atoms with E-state index in [-0.39, 0.29) is 38.6 Å². The van der Waals surface area contributed by atoms with Crippen molar-refractivity contribution >= 4 is 11.5 Å². The third-order valence-corrected chi connectivity index (χ3v) is 5.64. The monoisotopic (exact) mass is 490 g/mol. The van der Waals surface area contributed by atoms with Gasteiger partial charge in [0, 0.05) is 71.4 Å². The number of allylic oxidation sites excluding steroid dienone is 6. The van der Waals surface area contributed by atoms with Crippen molar-refractivity contribution in [1.29, 1.82) is 0 Å². The molecule has 0 saturated carbocycles. The van der Waals surface area contributed by atoms with Gasteiger partial charge in [0.15, 0.2) is 0 Å². The summed E-state index contributed by atoms with van der Waals surface area (Å²) < 4.78 is 2.07. The van der Waals surface area contributed by atoms with Crippen LogP contribution >= 0.6 is 0 Å². The summed E-state index contributed by atoms with van der Waals surface area (Å²) in [5.41, 5.74) is 4.10. The number of likely N-dealkylation sites (tertiary alicyclic amines) is 1. The Labute approximate surface area is 212 Å². The smallest absolute Gasteiger partial charge is 0.225 e. The minimum Gasteiger partial charge on any atom is -0.342 e. The molecule has 1 radical (unpaired) electrons. The SMILES string of the molecule is C\C=C/[C-]=C(\C=C/C)c1[c-]ccc(CC(=O)N2CCC(c3cn(C)c(C)n3)CC2)c1.[Y]. The standard InChI is InChI=1S/C26H31N3O.Y/c1-5-7-11-22(9-6-2)24-12-8-10-21(17-24)18-26(30)29-15-13-23(14-16-29)25-19-28(4)20(3)27-25;/h5-10,17,19,23H,13-16,18H2,1-4H3;/q-2;/b7-5-,9-6-;. The van der Waals surface area contributed by atoms with Crippen molar-refractivity contribution in [3.63, 3.8) is 0 Å². The van der Waals surface area contributed by atoms with Crippen LogP contribution < -0.4 is 0 Å². The van der Waals surface area contributed by atoms with Gasteiger partial charge in [-0.1, -0.05) is 13.8 Å². The van der Waals surface area contributed by atoms with E-state index < -0.39 is 0 Å². The molecule has 0 unspecified atom stereocenters. The van der Waals surface area contributed by atoms with Crippen LogP contribution in [-0.4, -0.2) is 33.4 Å². The van der Waals surface area contributed by atoms with Gasteiger partial charge in [0.05, 0.1) is 5.69 Å². The van der Waals surface area contributed by atoms with Crippen molar-refractivity contribution in [1.82, 2.24) is 14.5 Å². The maximum atomic E-state index is 12.9. The zero-order valence-electron chi connectivity index (χ0n) is 19.1. The summed E-state index contributed by atoms with van der Waals surface area (Å²) >= 11 is 0. The molecule has 5 heteroatoms. The van der Waals surface area contributed by atoms with Crippen molar-refractivity contribution in [2.45, 2.75) is 46.0 Å². The summed E-state index contributed by atoms with van der Waals surface area (Å²) in [5, 5.41) is 0. The van der Waals surface area contributed by atoms with Crippen LogP contribution in [0.5, 0.6) is 0 Å². The van der Waals surface area contributed by atoms with Gasteiger partial charge in [-0.15, -0.1) is 17.7 Å². The average molecular weight is 490 g/mol. The molecule has 0 bridgehead atoms. The fourth-order valence-corrected chi connectivity index (χ4v) is 3.83. The van der Waals surface area contributed by atoms with Crippen molar-refractivity contribution in [3.8, 4) is 0 Å². The minimum atomic E-state index is 0. The number of aryl methyl sites for hydroxylation is 2. The zero-order valence-corrected chi connectivity index (χ0v) is 21.9. The molecule has 3 rings (SSSR count). The number of amides is 1. The maximum Gasteiger partial charge on any atom is 0.225 e. The summed E-state index contributed by atoms with van der Waals surface area (Å²) in [5.74, 6) is 1.68. The largest absolute Gasteiger partial charge is 0.342 e. The van der Waals surface area contributed by atoms with Crippen LogP contribution in [0, 0.1) is 19.1 Å². The summed E-state index contributed by atoms with van der Waals surface area (Å²) in [6.07, 6.45) is 15.6. The number of carbonyl (C=O) groups is 1. The van der Waals surface area contributed by atoms with Gasteiger partial charge in [-0.25, -0.2) is 16.1 Å². The Kier molecular flexibility index (Phi) is 10.1. The molecule has 0 N–H and O–H groups in total. The van der Waals surface area contributed by atoms with Crippen LogP contribution in [0.1, 0.15) is 55.3 Å². The molecular formula is C26H31N3OY-2. The number of rotatable bonds is 6. The Morgan fingerprint density at radius 1 is 1.29 bits per heavy atom. The number of aromatic nitrogens is 2. The van der Waals surface area contributed by atoms with E-state index in [9.17, 15) is 4.79 Å². The molecule has 1 aliphatic heterocycles. The number of carbonyl (C=O) groups excluding carboxylic acids is 1. The third-order valence-electron chi connectivity index (χ3n) is 5.64. The number of hydrogen-bond donors (Lipinski definition) is 0. The molecule has 4 nitrogen and oxygen atoms in total. The van der Waals surface area contributed by atoms with E-state index >= 15 is 0 Å². The van der Waals surface area contributed by atoms with Gasteiger partial charge in [-0.2, -0.15) is 42.5 Å². The number of piperidine rings is 1. The molecule has 2 aromatic rings. The van der Waals surface area contributed by atoms with Crippen LogP contribution in [-0.2, 0) is 51.0 Å². The van der Waals surface area contributed by atoms with Crippen molar-refractivity contribution in [2.24, 2.45) is 7.05 Å². The fraction of sp³-hybridized carbons (Fsp3) is 0.385. The average Bonchev–Trinajstić information content (AvgIpc) is 3.10. The molecule has 1 aliphatic rings. The second-order valence-electron chi connectivity index (χ2n) is 7.82. The Hall–Kier alpha value is -1.78. The fourth-order valence-electron chi connectivity index (χ4n) is 3.83. The molecule has 1 amide bonds. The third kappa shape index (κ3) is 6.85. The molecule has 0 spiro atoms. The number of imidazole rings is 1. The number of benzene rings is 1. The predicted octanol–water partition coefficient (Wildman–Crippen LogP) is 4.81. The topological polar surface area (TPSA) is 38.1 Å². The van der Waals surface area contributed by atoms with Gasteiger partial charge in [0.25, 0.3) is 0 Å². The first-order valence-electron chi connectivity index (χ1n) is 10.7. The summed E-state index contributed by atoms with van der Waals surface area (Å²) in [7, 11) is 2.03. The molecule has 1 saturated heterocycles. The van der Waals surface area contributed by atoms with E-state index in [1.165, 1.54) is 0 Å². The van der Waals surface area contributed by atoms with Crippen molar-refractivity contribution in [3.05, 3.63) is 83.5 Å². The Bertz CT molecular complexity index is 943. The first-order valence-corrected chi connectivity index (χ1v) is 10.7. The van der Waals surface area contributed by atoms with Gasteiger partial charge >= 0.3 is 0 Å². The van der Waals surface area contributed by atoms with E-state index in [1.807, 2.05) is 75.2 Å². The molecule has 2 heterocycles. The maximum absolute atomic E-state index is 12.9. The van der Waals surface area contributed by atoms with E-state index in [0.717, 1.165) is 54.1 Å². The molecule has 0 aliphatic carbocycles.